The van der Waals surface area contributed by atoms with Crippen LogP contribution in [0.15, 0.2) is 72.9 Å². The van der Waals surface area contributed by atoms with Gasteiger partial charge in [0.25, 0.3) is 5.91 Å². The van der Waals surface area contributed by atoms with Gasteiger partial charge in [0.05, 0.1) is 0 Å². The van der Waals surface area contributed by atoms with Gasteiger partial charge in [0.15, 0.2) is 5.65 Å². The molecule has 1 N–H and O–H groups in total. The van der Waals surface area contributed by atoms with Crippen LogP contribution in [-0.2, 0) is 0 Å². The lowest BCUT2D eigenvalue weighted by atomic mass is 10.1. The molecule has 0 atom stereocenters. The van der Waals surface area contributed by atoms with Crippen molar-refractivity contribution in [3.05, 3.63) is 78.5 Å². The van der Waals surface area contributed by atoms with Gasteiger partial charge in [-0.05, 0) is 49.2 Å². The molecule has 0 unspecified atom stereocenters. The minimum absolute atomic E-state index is 0.0130. The molecule has 0 spiro atoms. The number of rotatable bonds is 4. The lowest BCUT2D eigenvalue weighted by Gasteiger charge is -2.10. The Kier molecular flexibility index (Phi) is 3.71. The van der Waals surface area contributed by atoms with Crippen molar-refractivity contribution in [1.29, 1.82) is 0 Å². The third-order valence-electron chi connectivity index (χ3n) is 4.75. The average molecular weight is 354 g/mol. The number of hydrogen-bond donors (Lipinski definition) is 1. The molecule has 2 aromatic heterocycles. The predicted octanol–water partition coefficient (Wildman–Crippen LogP) is 3.98. The van der Waals surface area contributed by atoms with Gasteiger partial charge in [-0.1, -0.05) is 30.3 Å². The van der Waals surface area contributed by atoms with Gasteiger partial charge in [-0.3, -0.25) is 9.36 Å². The number of nitrogens with zero attached hydrogens (tertiary/aromatic N) is 3. The Labute approximate surface area is 156 Å². The summed E-state index contributed by atoms with van der Waals surface area (Å²) >= 11 is 0. The number of nitrogens with one attached hydrogen (secondary N) is 1. The molecule has 0 bridgehead atoms. The molecule has 1 fully saturated rings. The van der Waals surface area contributed by atoms with Gasteiger partial charge in [-0.25, -0.2) is 9.97 Å². The standard InChI is InChI=1S/C22H18N4O/c27-22(24-17-10-11-17)16-8-12-18(13-9-16)26-20(15-5-2-1-3-6-15)25-19-7-4-14-23-21(19)26/h1-9,12-14,17H,10-11H2,(H,24,27). The van der Waals surface area contributed by atoms with Crippen molar-refractivity contribution in [2.75, 3.05) is 0 Å². The molecule has 1 saturated carbocycles. The second kappa shape index (κ2) is 6.36. The molecule has 27 heavy (non-hydrogen) atoms. The van der Waals surface area contributed by atoms with E-state index in [1.165, 1.54) is 0 Å². The van der Waals surface area contributed by atoms with Crippen molar-refractivity contribution in [1.82, 2.24) is 19.9 Å². The number of aromatic nitrogens is 3. The zero-order valence-electron chi connectivity index (χ0n) is 14.7. The number of amides is 1. The van der Waals surface area contributed by atoms with E-state index in [2.05, 4.69) is 10.3 Å². The maximum absolute atomic E-state index is 12.3. The Morgan fingerprint density at radius 1 is 0.963 bits per heavy atom. The molecular weight excluding hydrogens is 336 g/mol. The summed E-state index contributed by atoms with van der Waals surface area (Å²) in [4.78, 5) is 21.6. The van der Waals surface area contributed by atoms with E-state index in [1.807, 2.05) is 71.3 Å². The highest BCUT2D eigenvalue weighted by molar-refractivity contribution is 5.94. The molecule has 0 aliphatic heterocycles. The van der Waals surface area contributed by atoms with E-state index in [9.17, 15) is 4.79 Å². The van der Waals surface area contributed by atoms with E-state index < -0.39 is 0 Å². The molecule has 5 heteroatoms. The second-order valence-corrected chi connectivity index (χ2v) is 6.78. The zero-order chi connectivity index (χ0) is 18.2. The van der Waals surface area contributed by atoms with Crippen molar-refractivity contribution >= 4 is 17.1 Å². The SMILES string of the molecule is O=C(NC1CC1)c1ccc(-n2c(-c3ccccc3)nc3cccnc32)cc1. The topological polar surface area (TPSA) is 59.8 Å². The first-order valence-electron chi connectivity index (χ1n) is 9.10. The Morgan fingerprint density at radius 2 is 1.74 bits per heavy atom. The fourth-order valence-electron chi connectivity index (χ4n) is 3.20. The third-order valence-corrected chi connectivity index (χ3v) is 4.75. The Morgan fingerprint density at radius 3 is 2.48 bits per heavy atom. The summed E-state index contributed by atoms with van der Waals surface area (Å²) in [6.45, 7) is 0. The van der Waals surface area contributed by atoms with Crippen molar-refractivity contribution in [2.45, 2.75) is 18.9 Å². The van der Waals surface area contributed by atoms with Crippen LogP contribution in [0.2, 0.25) is 0 Å². The highest BCUT2D eigenvalue weighted by Crippen LogP contribution is 2.27. The maximum atomic E-state index is 12.3. The maximum Gasteiger partial charge on any atom is 0.251 e. The number of pyridine rings is 1. The first kappa shape index (κ1) is 15.8. The number of carbonyl (C=O) groups excluding carboxylic acids is 1. The van der Waals surface area contributed by atoms with Crippen LogP contribution >= 0.6 is 0 Å². The summed E-state index contributed by atoms with van der Waals surface area (Å²) in [6.07, 6.45) is 3.93. The Bertz CT molecular complexity index is 1110. The van der Waals surface area contributed by atoms with Crippen LogP contribution in [0, 0.1) is 0 Å². The molecule has 4 aromatic rings. The largest absolute Gasteiger partial charge is 0.349 e. The predicted molar refractivity (Wildman–Crippen MR) is 105 cm³/mol. The number of imidazole rings is 1. The molecule has 132 valence electrons. The van der Waals surface area contributed by atoms with Crippen LogP contribution in [0.4, 0.5) is 0 Å². The van der Waals surface area contributed by atoms with Gasteiger partial charge in [0, 0.05) is 29.1 Å². The first-order chi connectivity index (χ1) is 13.3. The number of benzene rings is 2. The average Bonchev–Trinajstić information content (AvgIpc) is 3.45. The summed E-state index contributed by atoms with van der Waals surface area (Å²) in [5.41, 5.74) is 4.26. The van der Waals surface area contributed by atoms with Gasteiger partial charge in [-0.2, -0.15) is 0 Å². The molecule has 1 aliphatic rings. The minimum atomic E-state index is -0.0130. The normalized spacial score (nSPS) is 13.6. The van der Waals surface area contributed by atoms with Gasteiger partial charge < -0.3 is 5.32 Å². The molecule has 1 aliphatic carbocycles. The summed E-state index contributed by atoms with van der Waals surface area (Å²) in [6, 6.07) is 21.9. The van der Waals surface area contributed by atoms with Crippen LogP contribution in [0.25, 0.3) is 28.2 Å². The number of carbonyl (C=O) groups is 1. The van der Waals surface area contributed by atoms with E-state index in [0.717, 1.165) is 41.1 Å². The fraction of sp³-hybridized carbons (Fsp3) is 0.136. The van der Waals surface area contributed by atoms with Crippen molar-refractivity contribution < 1.29 is 4.79 Å². The van der Waals surface area contributed by atoms with Crippen LogP contribution in [-0.4, -0.2) is 26.5 Å². The third kappa shape index (κ3) is 2.97. The van der Waals surface area contributed by atoms with Crippen LogP contribution in [0.3, 0.4) is 0 Å². The summed E-state index contributed by atoms with van der Waals surface area (Å²) < 4.78 is 2.03. The van der Waals surface area contributed by atoms with E-state index >= 15 is 0 Å². The Balaban J connectivity index is 1.60. The highest BCUT2D eigenvalue weighted by atomic mass is 16.1. The Hall–Kier alpha value is -3.47. The summed E-state index contributed by atoms with van der Waals surface area (Å²) in [5.74, 6) is 0.820. The van der Waals surface area contributed by atoms with E-state index in [-0.39, 0.29) is 5.91 Å². The van der Waals surface area contributed by atoms with E-state index in [4.69, 9.17) is 4.98 Å². The monoisotopic (exact) mass is 354 g/mol. The van der Waals surface area contributed by atoms with Crippen LogP contribution in [0.1, 0.15) is 23.2 Å². The number of fused-ring (bicyclic) bond motifs is 1. The molecular formula is C22H18N4O. The summed E-state index contributed by atoms with van der Waals surface area (Å²) in [7, 11) is 0. The van der Waals surface area contributed by atoms with Crippen molar-refractivity contribution in [3.8, 4) is 17.1 Å². The zero-order valence-corrected chi connectivity index (χ0v) is 14.7. The van der Waals surface area contributed by atoms with E-state index in [0.29, 0.717) is 11.6 Å². The van der Waals surface area contributed by atoms with Gasteiger partial charge in [0.1, 0.15) is 11.3 Å². The molecule has 5 nitrogen and oxygen atoms in total. The highest BCUT2D eigenvalue weighted by Gasteiger charge is 2.23. The van der Waals surface area contributed by atoms with Crippen LogP contribution < -0.4 is 5.32 Å². The van der Waals surface area contributed by atoms with Crippen LogP contribution in [0.5, 0.6) is 0 Å². The molecule has 5 rings (SSSR count). The van der Waals surface area contributed by atoms with Crippen molar-refractivity contribution in [2.24, 2.45) is 0 Å². The van der Waals surface area contributed by atoms with Gasteiger partial charge in [-0.15, -0.1) is 0 Å². The lowest BCUT2D eigenvalue weighted by Crippen LogP contribution is -2.25. The molecule has 2 heterocycles. The molecule has 2 aromatic carbocycles. The fourth-order valence-corrected chi connectivity index (χ4v) is 3.20. The molecule has 0 radical (unpaired) electrons. The quantitative estimate of drug-likeness (QED) is 0.603. The number of hydrogen-bond acceptors (Lipinski definition) is 3. The van der Waals surface area contributed by atoms with Gasteiger partial charge in [0.2, 0.25) is 0 Å². The minimum Gasteiger partial charge on any atom is -0.349 e. The first-order valence-corrected chi connectivity index (χ1v) is 9.10. The second-order valence-electron chi connectivity index (χ2n) is 6.78. The van der Waals surface area contributed by atoms with E-state index in [1.54, 1.807) is 6.20 Å². The summed E-state index contributed by atoms with van der Waals surface area (Å²) in [5, 5.41) is 3.02. The van der Waals surface area contributed by atoms with Crippen molar-refractivity contribution in [3.63, 3.8) is 0 Å². The lowest BCUT2D eigenvalue weighted by molar-refractivity contribution is 0.0951. The molecule has 0 saturated heterocycles. The van der Waals surface area contributed by atoms with Gasteiger partial charge >= 0.3 is 0 Å². The molecule has 1 amide bonds. The smallest absolute Gasteiger partial charge is 0.251 e.